The number of ether oxygens (including phenoxy) is 1. The molecule has 2 aromatic carbocycles. The van der Waals surface area contributed by atoms with Crippen LogP contribution in [0.25, 0.3) is 10.8 Å². The maximum Gasteiger partial charge on any atom is 0.310 e. The number of aliphatic carboxylic acids is 1. The zero-order chi connectivity index (χ0) is 13.1. The summed E-state index contributed by atoms with van der Waals surface area (Å²) in [6.07, 6.45) is 0.575. The molecule has 0 fully saturated rings. The monoisotopic (exact) mass is 244 g/mol. The van der Waals surface area contributed by atoms with Crippen molar-refractivity contribution >= 4 is 16.7 Å². The molecule has 18 heavy (non-hydrogen) atoms. The summed E-state index contributed by atoms with van der Waals surface area (Å²) in [5.41, 5.74) is 0.849. The number of methoxy groups -OCH3 is 1. The lowest BCUT2D eigenvalue weighted by molar-refractivity contribution is -0.138. The molecule has 3 heteroatoms. The first-order chi connectivity index (χ1) is 8.69. The van der Waals surface area contributed by atoms with Crippen molar-refractivity contribution in [1.82, 2.24) is 0 Å². The Morgan fingerprint density at radius 1 is 1.22 bits per heavy atom. The summed E-state index contributed by atoms with van der Waals surface area (Å²) in [7, 11) is 1.62. The van der Waals surface area contributed by atoms with E-state index in [1.807, 2.05) is 43.3 Å². The lowest BCUT2D eigenvalue weighted by Crippen LogP contribution is -2.10. The van der Waals surface area contributed by atoms with Crippen molar-refractivity contribution in [2.24, 2.45) is 0 Å². The van der Waals surface area contributed by atoms with Gasteiger partial charge in [0.05, 0.1) is 13.0 Å². The fraction of sp³-hybridized carbons (Fsp3) is 0.267. The van der Waals surface area contributed by atoms with Gasteiger partial charge >= 0.3 is 5.97 Å². The minimum Gasteiger partial charge on any atom is -0.496 e. The molecule has 0 spiro atoms. The van der Waals surface area contributed by atoms with Gasteiger partial charge < -0.3 is 9.84 Å². The van der Waals surface area contributed by atoms with E-state index < -0.39 is 11.9 Å². The molecule has 0 aliphatic rings. The number of carbonyl (C=O) groups is 1. The Kier molecular flexibility index (Phi) is 3.51. The summed E-state index contributed by atoms with van der Waals surface area (Å²) in [6, 6.07) is 11.4. The van der Waals surface area contributed by atoms with Gasteiger partial charge in [-0.2, -0.15) is 0 Å². The number of hydrogen-bond acceptors (Lipinski definition) is 2. The average molecular weight is 244 g/mol. The zero-order valence-corrected chi connectivity index (χ0v) is 10.5. The Bertz CT molecular complexity index is 575. The maximum atomic E-state index is 11.3. The molecule has 0 radical (unpaired) electrons. The smallest absolute Gasteiger partial charge is 0.310 e. The lowest BCUT2D eigenvalue weighted by atomic mass is 9.91. The predicted molar refractivity (Wildman–Crippen MR) is 71.2 cm³/mol. The molecule has 2 aromatic rings. The van der Waals surface area contributed by atoms with Crippen molar-refractivity contribution in [3.05, 3.63) is 42.0 Å². The molecular formula is C15H16O3. The molecule has 0 aromatic heterocycles. The number of carboxylic acids is 1. The fourth-order valence-corrected chi connectivity index (χ4v) is 2.31. The van der Waals surface area contributed by atoms with Crippen LogP contribution in [0.2, 0.25) is 0 Å². The molecular weight excluding hydrogens is 228 g/mol. The fourth-order valence-electron chi connectivity index (χ4n) is 2.31. The van der Waals surface area contributed by atoms with E-state index in [0.717, 1.165) is 22.1 Å². The summed E-state index contributed by atoms with van der Waals surface area (Å²) >= 11 is 0. The van der Waals surface area contributed by atoms with Gasteiger partial charge in [-0.3, -0.25) is 4.79 Å². The molecule has 0 bridgehead atoms. The van der Waals surface area contributed by atoms with Gasteiger partial charge in [-0.25, -0.2) is 0 Å². The van der Waals surface area contributed by atoms with E-state index in [2.05, 4.69) is 0 Å². The number of fused-ring (bicyclic) bond motifs is 1. The third-order valence-electron chi connectivity index (χ3n) is 3.22. The molecule has 0 saturated heterocycles. The molecule has 2 rings (SSSR count). The topological polar surface area (TPSA) is 46.5 Å². The van der Waals surface area contributed by atoms with Crippen molar-refractivity contribution in [3.63, 3.8) is 0 Å². The maximum absolute atomic E-state index is 11.3. The van der Waals surface area contributed by atoms with Gasteiger partial charge in [0.2, 0.25) is 0 Å². The van der Waals surface area contributed by atoms with Gasteiger partial charge in [-0.05, 0) is 23.4 Å². The second-order valence-corrected chi connectivity index (χ2v) is 4.20. The van der Waals surface area contributed by atoms with Gasteiger partial charge in [0, 0.05) is 5.39 Å². The highest BCUT2D eigenvalue weighted by molar-refractivity contribution is 5.94. The Morgan fingerprint density at radius 2 is 1.89 bits per heavy atom. The molecule has 1 N–H and O–H groups in total. The Labute approximate surface area is 106 Å². The minimum atomic E-state index is -0.784. The third-order valence-corrected chi connectivity index (χ3v) is 3.22. The standard InChI is InChI=1S/C15H16O3/c1-3-10(15(16)17)11-6-4-8-13-12(11)7-5-9-14(13)18-2/h4-10H,3H2,1-2H3,(H,16,17). The van der Waals surface area contributed by atoms with E-state index in [0.29, 0.717) is 6.42 Å². The second-order valence-electron chi connectivity index (χ2n) is 4.20. The normalized spacial score (nSPS) is 12.3. The van der Waals surface area contributed by atoms with Crippen molar-refractivity contribution < 1.29 is 14.6 Å². The van der Waals surface area contributed by atoms with Crippen LogP contribution in [0.5, 0.6) is 5.75 Å². The molecule has 1 atom stereocenters. The van der Waals surface area contributed by atoms with E-state index >= 15 is 0 Å². The summed E-state index contributed by atoms with van der Waals surface area (Å²) < 4.78 is 5.31. The van der Waals surface area contributed by atoms with Crippen LogP contribution in [0.1, 0.15) is 24.8 Å². The Hall–Kier alpha value is -2.03. The van der Waals surface area contributed by atoms with Crippen molar-refractivity contribution in [2.75, 3.05) is 7.11 Å². The second kappa shape index (κ2) is 5.08. The summed E-state index contributed by atoms with van der Waals surface area (Å²) in [4.78, 5) is 11.3. The predicted octanol–water partition coefficient (Wildman–Crippen LogP) is 3.43. The molecule has 0 amide bonds. The Morgan fingerprint density at radius 3 is 2.50 bits per heavy atom. The molecule has 0 aliphatic carbocycles. The van der Waals surface area contributed by atoms with Gasteiger partial charge in [-0.15, -0.1) is 0 Å². The van der Waals surface area contributed by atoms with E-state index in [9.17, 15) is 9.90 Å². The van der Waals surface area contributed by atoms with Crippen LogP contribution < -0.4 is 4.74 Å². The lowest BCUT2D eigenvalue weighted by Gasteiger charge is -2.14. The SMILES string of the molecule is CCC(C(=O)O)c1cccc2c(OC)cccc12. The van der Waals surface area contributed by atoms with E-state index in [1.54, 1.807) is 7.11 Å². The first-order valence-electron chi connectivity index (χ1n) is 5.97. The molecule has 1 unspecified atom stereocenters. The van der Waals surface area contributed by atoms with Crippen LogP contribution in [0, 0.1) is 0 Å². The number of rotatable bonds is 4. The van der Waals surface area contributed by atoms with Crippen LogP contribution in [0.3, 0.4) is 0 Å². The van der Waals surface area contributed by atoms with Crippen molar-refractivity contribution in [3.8, 4) is 5.75 Å². The molecule has 94 valence electrons. The Balaban J connectivity index is 2.69. The van der Waals surface area contributed by atoms with Crippen LogP contribution in [0.15, 0.2) is 36.4 Å². The van der Waals surface area contributed by atoms with Crippen molar-refractivity contribution in [1.29, 1.82) is 0 Å². The highest BCUT2D eigenvalue weighted by Crippen LogP contribution is 2.32. The first kappa shape index (κ1) is 12.4. The van der Waals surface area contributed by atoms with Crippen LogP contribution in [0.4, 0.5) is 0 Å². The molecule has 0 aliphatic heterocycles. The zero-order valence-electron chi connectivity index (χ0n) is 10.5. The number of hydrogen-bond donors (Lipinski definition) is 1. The van der Waals surface area contributed by atoms with E-state index in [1.165, 1.54) is 0 Å². The third kappa shape index (κ3) is 2.04. The van der Waals surface area contributed by atoms with Crippen LogP contribution >= 0.6 is 0 Å². The number of benzene rings is 2. The highest BCUT2D eigenvalue weighted by atomic mass is 16.5. The van der Waals surface area contributed by atoms with Crippen LogP contribution in [-0.2, 0) is 4.79 Å². The van der Waals surface area contributed by atoms with E-state index in [-0.39, 0.29) is 0 Å². The quantitative estimate of drug-likeness (QED) is 0.896. The first-order valence-corrected chi connectivity index (χ1v) is 5.97. The van der Waals surface area contributed by atoms with Gasteiger partial charge in [0.15, 0.2) is 0 Å². The minimum absolute atomic E-state index is 0.471. The summed E-state index contributed by atoms with van der Waals surface area (Å²) in [6.45, 7) is 1.89. The van der Waals surface area contributed by atoms with Crippen LogP contribution in [-0.4, -0.2) is 18.2 Å². The molecule has 3 nitrogen and oxygen atoms in total. The average Bonchev–Trinajstić information content (AvgIpc) is 2.38. The largest absolute Gasteiger partial charge is 0.496 e. The molecule has 0 saturated carbocycles. The van der Waals surface area contributed by atoms with Gasteiger partial charge in [0.25, 0.3) is 0 Å². The number of carboxylic acid groups (broad SMARTS) is 1. The van der Waals surface area contributed by atoms with Crippen molar-refractivity contribution in [2.45, 2.75) is 19.3 Å². The van der Waals surface area contributed by atoms with E-state index in [4.69, 9.17) is 4.74 Å². The summed E-state index contributed by atoms with van der Waals surface area (Å²) in [5, 5.41) is 11.2. The van der Waals surface area contributed by atoms with Gasteiger partial charge in [-0.1, -0.05) is 37.3 Å². The van der Waals surface area contributed by atoms with Gasteiger partial charge in [0.1, 0.15) is 5.75 Å². The molecule has 0 heterocycles. The highest BCUT2D eigenvalue weighted by Gasteiger charge is 2.20. The summed E-state index contributed by atoms with van der Waals surface area (Å²) in [5.74, 6) is -0.483.